The second-order valence-electron chi connectivity index (χ2n) is 7.32. The van der Waals surface area contributed by atoms with Gasteiger partial charge >= 0.3 is 0 Å². The minimum atomic E-state index is -0.130. The molecule has 0 aromatic carbocycles. The van der Waals surface area contributed by atoms with Crippen LogP contribution in [0.3, 0.4) is 0 Å². The van der Waals surface area contributed by atoms with E-state index < -0.39 is 0 Å². The van der Waals surface area contributed by atoms with E-state index in [0.717, 1.165) is 11.3 Å². The SMILES string of the molecule is Cc1c([C@H]2[C@H](CN=C(N)NC(C)(C)C)CC(=O)N2C)cnn1C. The fourth-order valence-corrected chi connectivity index (χ4v) is 3.02. The number of aromatic nitrogens is 2. The smallest absolute Gasteiger partial charge is 0.223 e. The molecule has 128 valence electrons. The topological polar surface area (TPSA) is 88.5 Å². The molecule has 0 unspecified atom stereocenters. The Morgan fingerprint density at radius 1 is 1.48 bits per heavy atom. The predicted octanol–water partition coefficient (Wildman–Crippen LogP) is 0.951. The van der Waals surface area contributed by atoms with E-state index in [9.17, 15) is 4.79 Å². The molecule has 0 saturated carbocycles. The number of carbonyl (C=O) groups is 1. The molecule has 7 heteroatoms. The summed E-state index contributed by atoms with van der Waals surface area (Å²) in [5.41, 5.74) is 7.98. The van der Waals surface area contributed by atoms with Gasteiger partial charge in [-0.3, -0.25) is 14.5 Å². The first-order valence-electron chi connectivity index (χ1n) is 7.92. The van der Waals surface area contributed by atoms with Crippen molar-refractivity contribution < 1.29 is 4.79 Å². The molecule has 1 aliphatic rings. The summed E-state index contributed by atoms with van der Waals surface area (Å²) in [7, 11) is 3.76. The molecule has 2 rings (SSSR count). The number of amides is 1. The molecule has 1 aliphatic heterocycles. The summed E-state index contributed by atoms with van der Waals surface area (Å²) in [5.74, 6) is 0.665. The lowest BCUT2D eigenvalue weighted by Gasteiger charge is -2.25. The first-order chi connectivity index (χ1) is 10.6. The summed E-state index contributed by atoms with van der Waals surface area (Å²) in [4.78, 5) is 18.4. The molecule has 0 radical (unpaired) electrons. The molecule has 1 amide bonds. The zero-order valence-electron chi connectivity index (χ0n) is 14.9. The van der Waals surface area contributed by atoms with Gasteiger partial charge in [0.1, 0.15) is 0 Å². The Morgan fingerprint density at radius 2 is 2.13 bits per heavy atom. The van der Waals surface area contributed by atoms with Gasteiger partial charge in [0.15, 0.2) is 5.96 Å². The fraction of sp³-hybridized carbons (Fsp3) is 0.688. The number of nitrogens with one attached hydrogen (secondary N) is 1. The number of hydrogen-bond acceptors (Lipinski definition) is 3. The van der Waals surface area contributed by atoms with Gasteiger partial charge in [0, 0.05) is 49.8 Å². The number of aliphatic imine (C=N–C) groups is 1. The quantitative estimate of drug-likeness (QED) is 0.641. The van der Waals surface area contributed by atoms with Crippen molar-refractivity contribution in [3.63, 3.8) is 0 Å². The summed E-state index contributed by atoms with van der Waals surface area (Å²) in [6.07, 6.45) is 2.34. The van der Waals surface area contributed by atoms with Crippen molar-refractivity contribution in [3.05, 3.63) is 17.5 Å². The molecular formula is C16H28N6O. The standard InChI is InChI=1S/C16H28N6O/c1-10-12(9-19-22(10)6)14-11(7-13(23)21(14)5)8-18-15(17)20-16(2,3)4/h9,11,14H,7-8H2,1-6H3,(H3,17,18,20)/t11-,14+/m0/s1. The molecule has 2 atom stereocenters. The molecule has 1 saturated heterocycles. The Labute approximate surface area is 137 Å². The van der Waals surface area contributed by atoms with Crippen LogP contribution in [0.2, 0.25) is 0 Å². The van der Waals surface area contributed by atoms with Crippen LogP contribution in [0, 0.1) is 12.8 Å². The first kappa shape index (κ1) is 17.3. The molecule has 1 aromatic heterocycles. The number of guanidine groups is 1. The maximum absolute atomic E-state index is 12.2. The highest BCUT2D eigenvalue weighted by molar-refractivity contribution is 5.80. The number of hydrogen-bond donors (Lipinski definition) is 2. The number of carbonyl (C=O) groups excluding carboxylic acids is 1. The average molecular weight is 320 g/mol. The maximum atomic E-state index is 12.2. The Bertz CT molecular complexity index is 613. The highest BCUT2D eigenvalue weighted by atomic mass is 16.2. The highest BCUT2D eigenvalue weighted by Crippen LogP contribution is 2.38. The minimum Gasteiger partial charge on any atom is -0.370 e. The average Bonchev–Trinajstić information content (AvgIpc) is 2.88. The summed E-state index contributed by atoms with van der Waals surface area (Å²) in [6, 6.07) is 0.00221. The van der Waals surface area contributed by atoms with E-state index in [0.29, 0.717) is 18.9 Å². The monoisotopic (exact) mass is 320 g/mol. The number of aryl methyl sites for hydroxylation is 1. The normalized spacial score (nSPS) is 22.8. The van der Waals surface area contributed by atoms with Crippen LogP contribution in [0.25, 0.3) is 0 Å². The molecule has 1 aromatic rings. The highest BCUT2D eigenvalue weighted by Gasteiger charge is 2.39. The van der Waals surface area contributed by atoms with Crippen molar-refractivity contribution >= 4 is 11.9 Å². The third-order valence-electron chi connectivity index (χ3n) is 4.29. The summed E-state index contributed by atoms with van der Waals surface area (Å²) in [5, 5.41) is 7.45. The van der Waals surface area contributed by atoms with Gasteiger partial charge < -0.3 is 16.0 Å². The van der Waals surface area contributed by atoms with E-state index in [2.05, 4.69) is 15.4 Å². The second kappa shape index (κ2) is 6.22. The molecule has 7 nitrogen and oxygen atoms in total. The Hall–Kier alpha value is -2.05. The van der Waals surface area contributed by atoms with Crippen LogP contribution in [0.15, 0.2) is 11.2 Å². The third kappa shape index (κ3) is 3.83. The van der Waals surface area contributed by atoms with Crippen molar-refractivity contribution in [3.8, 4) is 0 Å². The maximum Gasteiger partial charge on any atom is 0.223 e. The van der Waals surface area contributed by atoms with Crippen LogP contribution in [0.5, 0.6) is 0 Å². The van der Waals surface area contributed by atoms with Gasteiger partial charge in [-0.2, -0.15) is 5.10 Å². The van der Waals surface area contributed by atoms with Gasteiger partial charge in [0.05, 0.1) is 12.2 Å². The molecule has 23 heavy (non-hydrogen) atoms. The van der Waals surface area contributed by atoms with E-state index in [1.54, 1.807) is 4.90 Å². The largest absolute Gasteiger partial charge is 0.370 e. The lowest BCUT2D eigenvalue weighted by molar-refractivity contribution is -0.127. The van der Waals surface area contributed by atoms with Gasteiger partial charge in [-0.15, -0.1) is 0 Å². The van der Waals surface area contributed by atoms with Crippen LogP contribution in [-0.4, -0.2) is 45.7 Å². The fourth-order valence-electron chi connectivity index (χ4n) is 3.02. The number of likely N-dealkylation sites (tertiary alicyclic amines) is 1. The zero-order valence-corrected chi connectivity index (χ0v) is 14.9. The minimum absolute atomic E-state index is 0.00221. The summed E-state index contributed by atoms with van der Waals surface area (Å²) < 4.78 is 1.84. The van der Waals surface area contributed by atoms with Gasteiger partial charge in [0.2, 0.25) is 5.91 Å². The molecule has 0 spiro atoms. The van der Waals surface area contributed by atoms with E-state index in [-0.39, 0.29) is 23.4 Å². The first-order valence-corrected chi connectivity index (χ1v) is 7.92. The van der Waals surface area contributed by atoms with Crippen LogP contribution in [-0.2, 0) is 11.8 Å². The van der Waals surface area contributed by atoms with Gasteiger partial charge in [0.25, 0.3) is 0 Å². The lowest BCUT2D eigenvalue weighted by Crippen LogP contribution is -2.45. The molecular weight excluding hydrogens is 292 g/mol. The molecule has 1 fully saturated rings. The molecule has 0 aliphatic carbocycles. The Balaban J connectivity index is 2.18. The number of rotatable bonds is 3. The van der Waals surface area contributed by atoms with Crippen molar-refractivity contribution in [2.24, 2.45) is 23.7 Å². The van der Waals surface area contributed by atoms with E-state index in [1.807, 2.05) is 52.7 Å². The number of nitrogens with zero attached hydrogens (tertiary/aromatic N) is 4. The van der Waals surface area contributed by atoms with Crippen LogP contribution < -0.4 is 11.1 Å². The third-order valence-corrected chi connectivity index (χ3v) is 4.29. The van der Waals surface area contributed by atoms with E-state index in [4.69, 9.17) is 5.73 Å². The van der Waals surface area contributed by atoms with Crippen LogP contribution in [0.1, 0.15) is 44.5 Å². The predicted molar refractivity (Wildman–Crippen MR) is 90.9 cm³/mol. The Kier molecular flexibility index (Phi) is 4.68. The van der Waals surface area contributed by atoms with Crippen LogP contribution >= 0.6 is 0 Å². The lowest BCUT2D eigenvalue weighted by atomic mass is 9.94. The van der Waals surface area contributed by atoms with E-state index in [1.165, 1.54) is 0 Å². The van der Waals surface area contributed by atoms with Crippen LogP contribution in [0.4, 0.5) is 0 Å². The number of nitrogens with two attached hydrogens (primary N) is 1. The van der Waals surface area contributed by atoms with Gasteiger partial charge in [-0.25, -0.2) is 0 Å². The van der Waals surface area contributed by atoms with Crippen molar-refractivity contribution in [2.45, 2.75) is 45.7 Å². The molecule has 2 heterocycles. The molecule has 3 N–H and O–H groups in total. The molecule has 0 bridgehead atoms. The summed E-state index contributed by atoms with van der Waals surface area (Å²) in [6.45, 7) is 8.64. The van der Waals surface area contributed by atoms with Crippen molar-refractivity contribution in [2.75, 3.05) is 13.6 Å². The summed E-state index contributed by atoms with van der Waals surface area (Å²) >= 11 is 0. The zero-order chi connectivity index (χ0) is 17.4. The van der Waals surface area contributed by atoms with Crippen molar-refractivity contribution in [1.82, 2.24) is 20.0 Å². The Morgan fingerprint density at radius 3 is 2.65 bits per heavy atom. The van der Waals surface area contributed by atoms with E-state index >= 15 is 0 Å². The van der Waals surface area contributed by atoms with Gasteiger partial charge in [-0.1, -0.05) is 0 Å². The van der Waals surface area contributed by atoms with Gasteiger partial charge in [-0.05, 0) is 27.7 Å². The van der Waals surface area contributed by atoms with Crippen molar-refractivity contribution in [1.29, 1.82) is 0 Å². The second-order valence-corrected chi connectivity index (χ2v) is 7.32.